The van der Waals surface area contributed by atoms with Gasteiger partial charge in [-0.15, -0.1) is 11.3 Å². The molecule has 306 valence electrons. The van der Waals surface area contributed by atoms with E-state index < -0.39 is 5.66 Å². The topological polar surface area (TPSA) is 75.7 Å². The van der Waals surface area contributed by atoms with E-state index in [0.717, 1.165) is 83.1 Å². The molecule has 1 aliphatic rings. The number of aromatic nitrogens is 2. The van der Waals surface area contributed by atoms with Gasteiger partial charge in [0, 0.05) is 65.6 Å². The number of thiophene rings is 1. The van der Waals surface area contributed by atoms with Gasteiger partial charge in [-0.3, -0.25) is 9.97 Å². The van der Waals surface area contributed by atoms with Crippen molar-refractivity contribution < 1.29 is 4.42 Å². The smallest absolute Gasteiger partial charge is 0.159 e. The van der Waals surface area contributed by atoms with Gasteiger partial charge < -0.3 is 9.73 Å². The number of amidine groups is 2. The standard InChI is InChI=1S/C58H37N5OS/c1-58(43-23-18-36-12-5-6-14-38(36)30-43)62-56(61-57(63-58)42-22-27-53-49(34-42)48-31-39(21-26-52(48)65-53)35-10-3-2-4-11-35)41-20-25-51-47(33-41)46-32-40(19-24-50(46)64-51)54-55(60-29-28-59-54)45-17-9-15-37-13-7-8-16-44(37)45/h2-34H,1H3,(H,61,62,63). The summed E-state index contributed by atoms with van der Waals surface area (Å²) < 4.78 is 8.97. The second kappa shape index (κ2) is 14.7. The average molecular weight is 852 g/mol. The Morgan fingerprint density at radius 2 is 1.09 bits per heavy atom. The fourth-order valence-corrected chi connectivity index (χ4v) is 10.6. The van der Waals surface area contributed by atoms with Crippen LogP contribution in [0.25, 0.3) is 97.3 Å². The summed E-state index contributed by atoms with van der Waals surface area (Å²) in [7, 11) is 0. The van der Waals surface area contributed by atoms with E-state index in [-0.39, 0.29) is 0 Å². The molecule has 65 heavy (non-hydrogen) atoms. The average Bonchev–Trinajstić information content (AvgIpc) is 3.93. The van der Waals surface area contributed by atoms with Crippen molar-refractivity contribution in [3.05, 3.63) is 217 Å². The molecule has 0 spiro atoms. The minimum atomic E-state index is -0.840. The van der Waals surface area contributed by atoms with Crippen molar-refractivity contribution in [3.63, 3.8) is 0 Å². The molecule has 0 radical (unpaired) electrons. The molecule has 12 aromatic rings. The number of furan rings is 1. The van der Waals surface area contributed by atoms with Gasteiger partial charge in [-0.2, -0.15) is 0 Å². The quantitative estimate of drug-likeness (QED) is 0.181. The second-order valence-corrected chi connectivity index (χ2v) is 17.9. The van der Waals surface area contributed by atoms with E-state index in [1.54, 1.807) is 12.4 Å². The lowest BCUT2D eigenvalue weighted by atomic mass is 9.96. The Kier molecular flexibility index (Phi) is 8.41. The molecular weight excluding hydrogens is 815 g/mol. The number of hydrogen-bond acceptors (Lipinski definition) is 7. The van der Waals surface area contributed by atoms with Crippen LogP contribution in [0.4, 0.5) is 0 Å². The Morgan fingerprint density at radius 1 is 0.462 bits per heavy atom. The molecule has 7 heteroatoms. The van der Waals surface area contributed by atoms with Crippen LogP contribution in [-0.4, -0.2) is 21.6 Å². The van der Waals surface area contributed by atoms with Crippen LogP contribution < -0.4 is 5.32 Å². The van der Waals surface area contributed by atoms with Crippen molar-refractivity contribution in [1.82, 2.24) is 15.3 Å². The molecule has 1 atom stereocenters. The molecule has 3 aromatic heterocycles. The highest BCUT2D eigenvalue weighted by Crippen LogP contribution is 2.40. The maximum Gasteiger partial charge on any atom is 0.159 e. The van der Waals surface area contributed by atoms with Crippen molar-refractivity contribution in [3.8, 4) is 33.6 Å². The summed E-state index contributed by atoms with van der Waals surface area (Å²) in [6.07, 6.45) is 3.53. The van der Waals surface area contributed by atoms with Gasteiger partial charge in [-0.25, -0.2) is 9.98 Å². The van der Waals surface area contributed by atoms with E-state index in [9.17, 15) is 0 Å². The van der Waals surface area contributed by atoms with E-state index >= 15 is 0 Å². The molecule has 0 fully saturated rings. The summed E-state index contributed by atoms with van der Waals surface area (Å²) in [5.74, 6) is 1.39. The van der Waals surface area contributed by atoms with Gasteiger partial charge in [-0.05, 0) is 118 Å². The lowest BCUT2D eigenvalue weighted by Gasteiger charge is -2.33. The zero-order valence-electron chi connectivity index (χ0n) is 35.2. The lowest BCUT2D eigenvalue weighted by Crippen LogP contribution is -2.46. The number of nitrogens with zero attached hydrogens (tertiary/aromatic N) is 4. The van der Waals surface area contributed by atoms with Crippen LogP contribution in [0.15, 0.2) is 215 Å². The van der Waals surface area contributed by atoms with Gasteiger partial charge in [0.1, 0.15) is 17.0 Å². The van der Waals surface area contributed by atoms with Gasteiger partial charge in [-0.1, -0.05) is 115 Å². The minimum absolute atomic E-state index is 0.635. The van der Waals surface area contributed by atoms with E-state index in [1.807, 2.05) is 23.5 Å². The zero-order chi connectivity index (χ0) is 43.1. The van der Waals surface area contributed by atoms with Crippen LogP contribution in [0.5, 0.6) is 0 Å². The van der Waals surface area contributed by atoms with Gasteiger partial charge in [0.15, 0.2) is 11.5 Å². The van der Waals surface area contributed by atoms with E-state index in [4.69, 9.17) is 24.4 Å². The molecule has 13 rings (SSSR count). The largest absolute Gasteiger partial charge is 0.456 e. The highest BCUT2D eigenvalue weighted by atomic mass is 32.1. The molecule has 4 heterocycles. The summed E-state index contributed by atoms with van der Waals surface area (Å²) in [4.78, 5) is 20.6. The number of aliphatic imine (C=N–C) groups is 2. The second-order valence-electron chi connectivity index (χ2n) is 16.8. The summed E-state index contributed by atoms with van der Waals surface area (Å²) >= 11 is 1.82. The Bertz CT molecular complexity index is 3950. The first-order valence-electron chi connectivity index (χ1n) is 21.8. The summed E-state index contributed by atoms with van der Waals surface area (Å²) in [6, 6.07) is 66.4. The number of benzene rings is 9. The predicted octanol–water partition coefficient (Wildman–Crippen LogP) is 14.7. The molecule has 6 nitrogen and oxygen atoms in total. The molecule has 1 aliphatic heterocycles. The molecule has 1 unspecified atom stereocenters. The first kappa shape index (κ1) is 37.3. The van der Waals surface area contributed by atoms with Crippen LogP contribution in [0.1, 0.15) is 23.6 Å². The van der Waals surface area contributed by atoms with Crippen molar-refractivity contribution in [2.24, 2.45) is 9.98 Å². The van der Waals surface area contributed by atoms with Gasteiger partial charge in [0.05, 0.1) is 11.4 Å². The van der Waals surface area contributed by atoms with Crippen LogP contribution in [0.3, 0.4) is 0 Å². The normalized spacial score (nSPS) is 15.2. The molecule has 0 amide bonds. The monoisotopic (exact) mass is 851 g/mol. The van der Waals surface area contributed by atoms with Gasteiger partial charge >= 0.3 is 0 Å². The number of nitrogens with one attached hydrogen (secondary N) is 1. The Labute approximate surface area is 377 Å². The van der Waals surface area contributed by atoms with Crippen LogP contribution in [0, 0.1) is 0 Å². The third-order valence-corrected chi connectivity index (χ3v) is 14.0. The van der Waals surface area contributed by atoms with Crippen LogP contribution in [0.2, 0.25) is 0 Å². The summed E-state index contributed by atoms with van der Waals surface area (Å²) in [5, 5.41) is 12.8. The van der Waals surface area contributed by atoms with Gasteiger partial charge in [0.2, 0.25) is 0 Å². The third kappa shape index (κ3) is 6.31. The molecule has 0 bridgehead atoms. The van der Waals surface area contributed by atoms with Crippen molar-refractivity contribution in [2.75, 3.05) is 0 Å². The molecule has 9 aromatic carbocycles. The molecular formula is C58H37N5OS. The fourth-order valence-electron chi connectivity index (χ4n) is 9.50. The lowest BCUT2D eigenvalue weighted by molar-refractivity contribution is 0.455. The summed E-state index contributed by atoms with van der Waals surface area (Å²) in [6.45, 7) is 2.14. The fraction of sp³-hybridized carbons (Fsp3) is 0.0345. The van der Waals surface area contributed by atoms with Crippen LogP contribution in [-0.2, 0) is 5.66 Å². The summed E-state index contributed by atoms with van der Waals surface area (Å²) in [5.41, 5.74) is 9.71. The van der Waals surface area contributed by atoms with Crippen molar-refractivity contribution >= 4 is 86.7 Å². The van der Waals surface area contributed by atoms with Gasteiger partial charge in [0.25, 0.3) is 0 Å². The maximum atomic E-state index is 6.48. The molecule has 1 N–H and O–H groups in total. The third-order valence-electron chi connectivity index (χ3n) is 12.8. The minimum Gasteiger partial charge on any atom is -0.456 e. The SMILES string of the molecule is CC1(c2ccc3ccccc3c2)N=C(c2ccc3oc4ccc(-c5nccnc5-c5cccc6ccccc56)cc4c3c2)N=C(c2ccc3sc4ccc(-c5ccccc5)cc4c3c2)N1. The predicted molar refractivity (Wildman–Crippen MR) is 270 cm³/mol. The first-order valence-corrected chi connectivity index (χ1v) is 22.6. The van der Waals surface area contributed by atoms with Crippen molar-refractivity contribution in [1.29, 1.82) is 0 Å². The first-order chi connectivity index (χ1) is 32.0. The molecule has 0 saturated heterocycles. The molecule has 0 aliphatic carbocycles. The van der Waals surface area contributed by atoms with Crippen LogP contribution >= 0.6 is 11.3 Å². The highest BCUT2D eigenvalue weighted by molar-refractivity contribution is 7.25. The number of rotatable bonds is 6. The zero-order valence-corrected chi connectivity index (χ0v) is 36.0. The number of hydrogen-bond donors (Lipinski definition) is 1. The highest BCUT2D eigenvalue weighted by Gasteiger charge is 2.33. The Hall–Kier alpha value is -8.26. The number of fused-ring (bicyclic) bond motifs is 8. The van der Waals surface area contributed by atoms with Crippen molar-refractivity contribution in [2.45, 2.75) is 12.6 Å². The Balaban J connectivity index is 0.955. The molecule has 0 saturated carbocycles. The Morgan fingerprint density at radius 3 is 1.91 bits per heavy atom. The van der Waals surface area contributed by atoms with E-state index in [2.05, 4.69) is 188 Å². The van der Waals surface area contributed by atoms with E-state index in [1.165, 1.54) is 36.7 Å². The maximum absolute atomic E-state index is 6.48. The van der Waals surface area contributed by atoms with E-state index in [0.29, 0.717) is 5.84 Å².